The third kappa shape index (κ3) is 7.68. The van der Waals surface area contributed by atoms with Gasteiger partial charge >= 0.3 is 5.97 Å². The van der Waals surface area contributed by atoms with Crippen LogP contribution < -0.4 is 11.6 Å². The molecule has 1 amide bonds. The fraction of sp³-hybridized carbons (Fsp3) is 0.615. The summed E-state index contributed by atoms with van der Waals surface area (Å²) in [5, 5.41) is 11.4. The minimum absolute atomic E-state index is 0.0391. The summed E-state index contributed by atoms with van der Waals surface area (Å²) in [7, 11) is 1.85. The topological polar surface area (TPSA) is 125 Å². The summed E-state index contributed by atoms with van der Waals surface area (Å²) in [6.45, 7) is 14.6. The van der Waals surface area contributed by atoms with E-state index in [4.69, 9.17) is 16.3 Å². The second-order valence-corrected chi connectivity index (χ2v) is 11.0. The van der Waals surface area contributed by atoms with Crippen LogP contribution in [0.4, 0.5) is 0 Å². The molecular formula is C26H43N5O4. The van der Waals surface area contributed by atoms with Crippen molar-refractivity contribution < 1.29 is 19.4 Å². The number of likely N-dealkylation sites (N-methyl/N-ethyl adjacent to an activating group) is 1. The Morgan fingerprint density at radius 3 is 2.60 bits per heavy atom. The molecule has 196 valence electrons. The number of nitrogens with two attached hydrogens (primary N) is 2. The van der Waals surface area contributed by atoms with Gasteiger partial charge in [-0.15, -0.1) is 0 Å². The Balaban J connectivity index is 2.36. The average Bonchev–Trinajstić information content (AvgIpc) is 2.83. The van der Waals surface area contributed by atoms with E-state index in [-0.39, 0.29) is 17.9 Å². The number of hydrogen-bond acceptors (Lipinski definition) is 7. The maximum absolute atomic E-state index is 12.6. The molecule has 0 radical (unpaired) electrons. The lowest BCUT2D eigenvalue weighted by molar-refractivity contribution is -0.156. The fourth-order valence-electron chi connectivity index (χ4n) is 4.49. The van der Waals surface area contributed by atoms with Gasteiger partial charge in [0.2, 0.25) is 5.91 Å². The number of benzene rings is 1. The number of nitrogens with zero attached hydrogens (tertiary/aromatic N) is 3. The van der Waals surface area contributed by atoms with Crippen LogP contribution in [0.15, 0.2) is 30.1 Å². The molecule has 35 heavy (non-hydrogen) atoms. The Morgan fingerprint density at radius 2 is 2.00 bits per heavy atom. The summed E-state index contributed by atoms with van der Waals surface area (Å²) in [5.74, 6) is 4.92. The molecule has 1 aliphatic rings. The lowest BCUT2D eigenvalue weighted by Crippen LogP contribution is -2.35. The normalized spacial score (nSPS) is 18.3. The number of carbonyl (C=O) groups excluding carboxylic acids is 1. The number of carboxylic acids is 1. The monoisotopic (exact) mass is 489 g/mol. The highest BCUT2D eigenvalue weighted by atomic mass is 16.5. The van der Waals surface area contributed by atoms with Crippen LogP contribution in [0.2, 0.25) is 0 Å². The van der Waals surface area contributed by atoms with Crippen LogP contribution in [0.25, 0.3) is 0 Å². The largest absolute Gasteiger partial charge is 0.481 e. The molecule has 5 N–H and O–H groups in total. The van der Waals surface area contributed by atoms with Crippen molar-refractivity contribution in [3.63, 3.8) is 0 Å². The third-order valence-electron chi connectivity index (χ3n) is 6.49. The van der Waals surface area contributed by atoms with Crippen LogP contribution in [0.3, 0.4) is 0 Å². The van der Waals surface area contributed by atoms with Gasteiger partial charge in [-0.2, -0.15) is 0 Å². The molecular weight excluding hydrogens is 446 g/mol. The lowest BCUT2D eigenvalue weighted by Gasteiger charge is -2.32. The van der Waals surface area contributed by atoms with Gasteiger partial charge in [0.1, 0.15) is 0 Å². The van der Waals surface area contributed by atoms with E-state index in [1.165, 1.54) is 5.01 Å². The van der Waals surface area contributed by atoms with E-state index < -0.39 is 17.5 Å². The molecule has 0 aliphatic carbocycles. The zero-order valence-corrected chi connectivity index (χ0v) is 22.3. The van der Waals surface area contributed by atoms with E-state index in [0.717, 1.165) is 23.2 Å². The maximum atomic E-state index is 12.6. The molecule has 1 saturated heterocycles. The fourth-order valence-corrected chi connectivity index (χ4v) is 4.49. The summed E-state index contributed by atoms with van der Waals surface area (Å²) in [6.07, 6.45) is 0.841. The van der Waals surface area contributed by atoms with Gasteiger partial charge in [0.05, 0.1) is 30.4 Å². The molecule has 0 aromatic heterocycles. The summed E-state index contributed by atoms with van der Waals surface area (Å²) in [6, 6.07) is 5.88. The van der Waals surface area contributed by atoms with Crippen LogP contribution in [0.5, 0.6) is 0 Å². The van der Waals surface area contributed by atoms with E-state index in [1.807, 2.05) is 39.1 Å². The number of aliphatic carboxylic acids is 1. The summed E-state index contributed by atoms with van der Waals surface area (Å²) in [5.41, 5.74) is 8.09. The molecule has 1 aromatic rings. The third-order valence-corrected chi connectivity index (χ3v) is 6.49. The molecule has 1 unspecified atom stereocenters. The van der Waals surface area contributed by atoms with E-state index in [1.54, 1.807) is 24.9 Å². The Bertz CT molecular complexity index is 944. The van der Waals surface area contributed by atoms with E-state index in [9.17, 15) is 14.7 Å². The smallest absolute Gasteiger partial charge is 0.312 e. The molecule has 0 bridgehead atoms. The molecule has 1 aromatic carbocycles. The first-order valence-electron chi connectivity index (χ1n) is 12.0. The van der Waals surface area contributed by atoms with Crippen molar-refractivity contribution in [1.82, 2.24) is 14.8 Å². The highest BCUT2D eigenvalue weighted by Gasteiger charge is 2.39. The van der Waals surface area contributed by atoms with E-state index >= 15 is 0 Å². The number of hydrogen-bond donors (Lipinski definition) is 3. The van der Waals surface area contributed by atoms with E-state index in [2.05, 4.69) is 18.7 Å². The standard InChI is InChI=1S/C26H43N5O4/c1-8-31(28)13-21(27)15-35-23(26(5,6)24(33)34)19-10-9-18(2)20(11-19)12-30-14-22(32)29(7)16-25(3,4)17-30/h9-11,13,23H,8,12,14-17,27-28H2,1-7H3,(H,33,34)/b21-13-. The van der Waals surface area contributed by atoms with Crippen molar-refractivity contribution in [3.05, 3.63) is 46.8 Å². The number of aryl methyl sites for hydroxylation is 1. The molecule has 9 heteroatoms. The van der Waals surface area contributed by atoms with Crippen molar-refractivity contribution in [2.45, 2.75) is 54.2 Å². The predicted octanol–water partition coefficient (Wildman–Crippen LogP) is 2.46. The Morgan fingerprint density at radius 1 is 1.34 bits per heavy atom. The lowest BCUT2D eigenvalue weighted by atomic mass is 9.81. The van der Waals surface area contributed by atoms with Crippen molar-refractivity contribution >= 4 is 11.9 Å². The van der Waals surface area contributed by atoms with Gasteiger partial charge in [0.25, 0.3) is 0 Å². The van der Waals surface area contributed by atoms with Gasteiger partial charge in [0.15, 0.2) is 0 Å². The first-order valence-corrected chi connectivity index (χ1v) is 12.0. The van der Waals surface area contributed by atoms with Gasteiger partial charge in [-0.1, -0.05) is 32.0 Å². The first-order chi connectivity index (χ1) is 16.2. The molecule has 2 rings (SSSR count). The minimum atomic E-state index is -1.21. The Kier molecular flexibility index (Phi) is 9.33. The minimum Gasteiger partial charge on any atom is -0.481 e. The number of carbonyl (C=O) groups is 2. The molecule has 1 heterocycles. The van der Waals surface area contributed by atoms with E-state index in [0.29, 0.717) is 31.9 Å². The summed E-state index contributed by atoms with van der Waals surface area (Å²) >= 11 is 0. The van der Waals surface area contributed by atoms with Crippen molar-refractivity contribution in [2.75, 3.05) is 39.8 Å². The van der Waals surface area contributed by atoms with Gasteiger partial charge in [-0.3, -0.25) is 14.5 Å². The average molecular weight is 490 g/mol. The molecule has 1 atom stereocenters. The number of carboxylic acid groups (broad SMARTS) is 1. The van der Waals surface area contributed by atoms with Gasteiger partial charge in [-0.25, -0.2) is 5.84 Å². The van der Waals surface area contributed by atoms with Crippen LogP contribution >= 0.6 is 0 Å². The van der Waals surface area contributed by atoms with Crippen LogP contribution in [0.1, 0.15) is 57.4 Å². The van der Waals surface area contributed by atoms with Gasteiger partial charge in [0, 0.05) is 39.4 Å². The molecule has 0 spiro atoms. The highest BCUT2D eigenvalue weighted by molar-refractivity contribution is 5.78. The van der Waals surface area contributed by atoms with Crippen molar-refractivity contribution in [2.24, 2.45) is 22.4 Å². The molecule has 1 fully saturated rings. The van der Waals surface area contributed by atoms with Crippen molar-refractivity contribution in [3.8, 4) is 0 Å². The first kappa shape index (κ1) is 28.6. The predicted molar refractivity (Wildman–Crippen MR) is 137 cm³/mol. The Labute approximate surface area is 209 Å². The summed E-state index contributed by atoms with van der Waals surface area (Å²) < 4.78 is 6.10. The number of rotatable bonds is 10. The van der Waals surface area contributed by atoms with Crippen LogP contribution in [0, 0.1) is 17.8 Å². The second kappa shape index (κ2) is 11.4. The molecule has 0 saturated carbocycles. The van der Waals surface area contributed by atoms with Crippen LogP contribution in [-0.2, 0) is 20.9 Å². The van der Waals surface area contributed by atoms with Gasteiger partial charge < -0.3 is 25.5 Å². The molecule has 1 aliphatic heterocycles. The zero-order chi connectivity index (χ0) is 26.6. The number of amides is 1. The number of hydrazine groups is 1. The second-order valence-electron chi connectivity index (χ2n) is 11.0. The SMILES string of the molecule is CCN(N)/C=C(\N)COC(c1ccc(C)c(CN2CC(=O)N(C)CC(C)(C)C2)c1)C(C)(C)C(=O)O. The number of ether oxygens (including phenoxy) is 1. The van der Waals surface area contributed by atoms with Crippen molar-refractivity contribution in [1.29, 1.82) is 0 Å². The quantitative estimate of drug-likeness (QED) is 0.338. The van der Waals surface area contributed by atoms with Gasteiger partial charge in [-0.05, 0) is 49.8 Å². The maximum Gasteiger partial charge on any atom is 0.312 e. The molecule has 9 nitrogen and oxygen atoms in total. The summed E-state index contributed by atoms with van der Waals surface area (Å²) in [4.78, 5) is 28.7. The highest BCUT2D eigenvalue weighted by Crippen LogP contribution is 2.38. The van der Waals surface area contributed by atoms with Crippen LogP contribution in [-0.4, -0.2) is 71.6 Å². The Hall–Kier alpha value is -2.62. The zero-order valence-electron chi connectivity index (χ0n) is 22.3.